The van der Waals surface area contributed by atoms with Crippen LogP contribution in [0.3, 0.4) is 0 Å². The summed E-state index contributed by atoms with van der Waals surface area (Å²) >= 11 is 0. The van der Waals surface area contributed by atoms with Crippen LogP contribution in [0.15, 0.2) is 12.1 Å². The number of rotatable bonds is 16. The lowest BCUT2D eigenvalue weighted by Gasteiger charge is -2.13. The van der Waals surface area contributed by atoms with Gasteiger partial charge in [0, 0.05) is 23.7 Å². The van der Waals surface area contributed by atoms with Gasteiger partial charge in [0.25, 0.3) is 21.5 Å². The first-order valence-corrected chi connectivity index (χ1v) is 12.5. The highest BCUT2D eigenvalue weighted by Crippen LogP contribution is 2.12. The molecule has 0 fully saturated rings. The second-order valence-corrected chi connectivity index (χ2v) is 8.62. The third kappa shape index (κ3) is 11.2. The zero-order chi connectivity index (χ0) is 26.8. The minimum absolute atomic E-state index is 0.0105. The van der Waals surface area contributed by atoms with Gasteiger partial charge >= 0.3 is 0 Å². The zero-order valence-electron chi connectivity index (χ0n) is 19.6. The number of ether oxygens (including phenoxy) is 4. The molecule has 0 aliphatic heterocycles. The molecule has 1 N–H and O–H groups in total. The summed E-state index contributed by atoms with van der Waals surface area (Å²) in [4.78, 5) is 6.45. The molecule has 190 valence electrons. The van der Waals surface area contributed by atoms with Crippen molar-refractivity contribution < 1.29 is 31.9 Å². The molecule has 0 aromatic heterocycles. The topological polar surface area (TPSA) is 148 Å². The molecule has 36 heavy (non-hydrogen) atoms. The molecular formula is C24H26N4O7S. The van der Waals surface area contributed by atoms with E-state index in [1.807, 2.05) is 0 Å². The van der Waals surface area contributed by atoms with E-state index in [0.717, 1.165) is 0 Å². The highest BCUT2D eigenvalue weighted by Gasteiger charge is 2.12. The van der Waals surface area contributed by atoms with E-state index in [1.165, 1.54) is 12.1 Å². The molecule has 0 atom stereocenters. The van der Waals surface area contributed by atoms with E-state index in [1.54, 1.807) is 12.1 Å². The van der Waals surface area contributed by atoms with E-state index in [2.05, 4.69) is 9.69 Å². The van der Waals surface area contributed by atoms with Crippen molar-refractivity contribution in [3.8, 4) is 23.6 Å². The standard InChI is InChI=1S/C24H26N4O7S/c1-4-5-8-32-10-12-34-23-15-20(22(18-26)28-3)24(16-19(23)21(17-25)27-2)35-13-11-33-9-6-7-14-36(29,30)31/h1,15-16H,4-14H2,(H,29,30,31)/b21-19-,22-20+. The number of nitriles is 2. The summed E-state index contributed by atoms with van der Waals surface area (Å²) in [6.45, 7) is 21.2. The van der Waals surface area contributed by atoms with Crippen LogP contribution in [0.25, 0.3) is 21.1 Å². The van der Waals surface area contributed by atoms with Crippen LogP contribution >= 0.6 is 0 Å². The van der Waals surface area contributed by atoms with Crippen LogP contribution in [0, 0.1) is 42.7 Å². The second kappa shape index (κ2) is 16.9. The minimum Gasteiger partial charge on any atom is -0.492 e. The molecule has 2 radical (unpaired) electrons. The Morgan fingerprint density at radius 2 is 1.33 bits per heavy atom. The van der Waals surface area contributed by atoms with Gasteiger partial charge in [-0.3, -0.25) is 4.55 Å². The van der Waals surface area contributed by atoms with Gasteiger partial charge in [0.2, 0.25) is 0 Å². The number of unbranched alkanes of at least 4 members (excludes halogenated alkanes) is 2. The van der Waals surface area contributed by atoms with Crippen LogP contribution in [0.5, 0.6) is 11.5 Å². The Kier molecular flexibility index (Phi) is 14.3. The Bertz CT molecular complexity index is 1230. The highest BCUT2D eigenvalue weighted by atomic mass is 32.2. The van der Waals surface area contributed by atoms with E-state index >= 15 is 0 Å². The smallest absolute Gasteiger partial charge is 0.272 e. The third-order valence-electron chi connectivity index (χ3n) is 4.43. The molecule has 12 heteroatoms. The third-order valence-corrected chi connectivity index (χ3v) is 5.24. The van der Waals surface area contributed by atoms with Crippen molar-refractivity contribution in [1.82, 2.24) is 0 Å². The molecule has 0 amide bonds. The quantitative estimate of drug-likeness (QED) is 0.198. The molecule has 1 aromatic carbocycles. The normalized spacial score (nSPS) is 12.4. The SMILES string of the molecule is [C-]#[N+]/C(C#N)=c1/cc(OCCOCCCCS(=O)(=O)O)/c(=C(\C#N)[N+]#[C-])cc1OCCOCCC[CH]. The van der Waals surface area contributed by atoms with E-state index in [4.69, 9.17) is 43.6 Å². The largest absolute Gasteiger partial charge is 0.492 e. The van der Waals surface area contributed by atoms with Crippen molar-refractivity contribution in [3.63, 3.8) is 0 Å². The summed E-state index contributed by atoms with van der Waals surface area (Å²) in [6, 6.07) is 6.34. The Morgan fingerprint density at radius 1 is 0.861 bits per heavy atom. The molecule has 0 bridgehead atoms. The summed E-state index contributed by atoms with van der Waals surface area (Å²) in [6.07, 6.45) is 1.82. The average molecular weight is 515 g/mol. The Hall–Kier alpha value is -3.65. The number of hydrogen-bond donors (Lipinski definition) is 1. The summed E-state index contributed by atoms with van der Waals surface area (Å²) in [5, 5.41) is 19.1. The van der Waals surface area contributed by atoms with Gasteiger partial charge in [-0.25, -0.2) is 20.2 Å². The van der Waals surface area contributed by atoms with E-state index in [0.29, 0.717) is 25.9 Å². The van der Waals surface area contributed by atoms with Crippen LogP contribution in [-0.4, -0.2) is 58.4 Å². The lowest BCUT2D eigenvalue weighted by molar-refractivity contribution is 0.0966. The highest BCUT2D eigenvalue weighted by molar-refractivity contribution is 7.85. The maximum absolute atomic E-state index is 10.7. The minimum atomic E-state index is -4.01. The molecule has 1 aromatic rings. The first-order valence-electron chi connectivity index (χ1n) is 10.8. The van der Waals surface area contributed by atoms with Crippen molar-refractivity contribution in [3.05, 3.63) is 52.3 Å². The van der Waals surface area contributed by atoms with Gasteiger partial charge in [-0.05, 0) is 44.7 Å². The summed E-state index contributed by atoms with van der Waals surface area (Å²) < 4.78 is 52.3. The fraction of sp³-hybridized carbons (Fsp3) is 0.458. The molecule has 0 saturated heterocycles. The van der Waals surface area contributed by atoms with Crippen molar-refractivity contribution in [2.75, 3.05) is 45.4 Å². The van der Waals surface area contributed by atoms with Gasteiger partial charge in [0.15, 0.2) is 0 Å². The molecule has 0 aliphatic carbocycles. The molecule has 0 unspecified atom stereocenters. The summed E-state index contributed by atoms with van der Waals surface area (Å²) in [5.41, 5.74) is -0.532. The molecule has 0 heterocycles. The fourth-order valence-corrected chi connectivity index (χ4v) is 3.33. The first-order chi connectivity index (χ1) is 17.3. The van der Waals surface area contributed by atoms with Crippen LogP contribution in [-0.2, 0) is 19.6 Å². The maximum atomic E-state index is 10.7. The molecule has 0 aliphatic rings. The van der Waals surface area contributed by atoms with E-state index < -0.39 is 10.1 Å². The van der Waals surface area contributed by atoms with E-state index in [9.17, 15) is 18.9 Å². The number of benzene rings is 1. The zero-order valence-corrected chi connectivity index (χ0v) is 20.4. The van der Waals surface area contributed by atoms with Gasteiger partial charge in [0.1, 0.15) is 24.7 Å². The lowest BCUT2D eigenvalue weighted by Crippen LogP contribution is -2.22. The molecule has 11 nitrogen and oxygen atoms in total. The first kappa shape index (κ1) is 30.4. The van der Waals surface area contributed by atoms with Gasteiger partial charge in [-0.1, -0.05) is 0 Å². The van der Waals surface area contributed by atoms with Crippen LogP contribution in [0.2, 0.25) is 0 Å². The fourth-order valence-electron chi connectivity index (χ4n) is 2.76. The predicted octanol–water partition coefficient (Wildman–Crippen LogP) is 1.74. The second-order valence-electron chi connectivity index (χ2n) is 7.05. The summed E-state index contributed by atoms with van der Waals surface area (Å²) in [5.74, 6) is -0.135. The van der Waals surface area contributed by atoms with Crippen LogP contribution in [0.1, 0.15) is 25.7 Å². The molecule has 1 rings (SSSR count). The number of nitrogens with zero attached hydrogens (tertiary/aromatic N) is 4. The van der Waals surface area contributed by atoms with Crippen molar-refractivity contribution in [2.24, 2.45) is 0 Å². The van der Waals surface area contributed by atoms with Gasteiger partial charge in [0.05, 0.1) is 44.2 Å². The Labute approximate surface area is 211 Å². The predicted molar refractivity (Wildman–Crippen MR) is 129 cm³/mol. The molecule has 0 saturated carbocycles. The van der Waals surface area contributed by atoms with Crippen molar-refractivity contribution in [2.45, 2.75) is 25.7 Å². The summed E-state index contributed by atoms with van der Waals surface area (Å²) in [7, 11) is -4.01. The number of hydrogen-bond acceptors (Lipinski definition) is 8. The maximum Gasteiger partial charge on any atom is 0.272 e. The van der Waals surface area contributed by atoms with Gasteiger partial charge < -0.3 is 18.9 Å². The molecular weight excluding hydrogens is 488 g/mol. The van der Waals surface area contributed by atoms with Gasteiger partial charge in [-0.15, -0.1) is 0 Å². The van der Waals surface area contributed by atoms with Gasteiger partial charge in [-0.2, -0.15) is 8.42 Å². The monoisotopic (exact) mass is 514 g/mol. The Balaban J connectivity index is 3.08. The Morgan fingerprint density at radius 3 is 1.72 bits per heavy atom. The lowest BCUT2D eigenvalue weighted by atomic mass is 10.1. The van der Waals surface area contributed by atoms with Crippen molar-refractivity contribution >= 4 is 21.5 Å². The van der Waals surface area contributed by atoms with Crippen molar-refractivity contribution in [1.29, 1.82) is 10.5 Å². The van der Waals surface area contributed by atoms with Crippen LogP contribution in [0.4, 0.5) is 0 Å². The van der Waals surface area contributed by atoms with E-state index in [-0.39, 0.29) is 78.5 Å². The average Bonchev–Trinajstić information content (AvgIpc) is 2.85. The van der Waals surface area contributed by atoms with Crippen LogP contribution < -0.4 is 19.9 Å². The molecule has 0 spiro atoms.